The predicted molar refractivity (Wildman–Crippen MR) is 538 cm³/mol. The van der Waals surface area contributed by atoms with Gasteiger partial charge in [0.05, 0.1) is 16.2 Å². The van der Waals surface area contributed by atoms with Gasteiger partial charge in [0.25, 0.3) is 0 Å². The van der Waals surface area contributed by atoms with Crippen molar-refractivity contribution < 1.29 is 0 Å². The molecule has 0 bridgehead atoms. The van der Waals surface area contributed by atoms with Crippen molar-refractivity contribution in [3.8, 4) is 66.8 Å². The zero-order chi connectivity index (χ0) is 86.7. The molecule has 18 aromatic carbocycles. The molecule has 0 radical (unpaired) electrons. The average molecular weight is 1640 g/mol. The van der Waals surface area contributed by atoms with Gasteiger partial charge < -0.3 is 0 Å². The third-order valence-electron chi connectivity index (χ3n) is 28.2. The second kappa shape index (κ2) is 33.8. The van der Waals surface area contributed by atoms with E-state index in [1.54, 1.807) is 0 Å². The number of rotatable bonds is 6. The van der Waals surface area contributed by atoms with Crippen LogP contribution in [0.2, 0.25) is 0 Å². The van der Waals surface area contributed by atoms with Gasteiger partial charge in [0.15, 0.2) is 0 Å². The summed E-state index contributed by atoms with van der Waals surface area (Å²) in [5.74, 6) is 0. The summed E-state index contributed by atoms with van der Waals surface area (Å²) in [6.07, 6.45) is 0. The SMILES string of the molecule is C.Cc1ccc2c(c1)-c1ccccc1C2(C)C.Cc1ccc2c(c1)-c1ccccc1C2(c1ccccc1)c1ccccc1.Cc1ccc2c(c1)C(C)(C)c1ccccc1-2.Cc1ccc2c(c1)C(c1ccccc1)(c1ccccc1)c1ccccc1-2.Cc1cccc2c1C(C)(C)c1ccccc1-2.Cc1cccc2c1C(c1ccccc1)(c1ccccc1)c1ccccc1-2. The molecule has 6 aliphatic carbocycles. The van der Waals surface area contributed by atoms with Crippen molar-refractivity contribution in [2.24, 2.45) is 0 Å². The van der Waals surface area contributed by atoms with E-state index < -0.39 is 0 Å². The van der Waals surface area contributed by atoms with Gasteiger partial charge in [-0.1, -0.05) is 508 Å². The van der Waals surface area contributed by atoms with E-state index in [1.165, 1.54) is 200 Å². The first-order valence-corrected chi connectivity index (χ1v) is 44.9. The highest BCUT2D eigenvalue weighted by atomic mass is 14.5. The summed E-state index contributed by atoms with van der Waals surface area (Å²) in [7, 11) is 0. The largest absolute Gasteiger partial charge is 0.0776 e. The molecular formula is C127H112. The van der Waals surface area contributed by atoms with Gasteiger partial charge in [0.2, 0.25) is 0 Å². The Balaban J connectivity index is 0.000000104. The summed E-state index contributed by atoms with van der Waals surface area (Å²) in [6, 6.07) is 159. The van der Waals surface area contributed by atoms with Crippen molar-refractivity contribution in [3.63, 3.8) is 0 Å². The fourth-order valence-electron chi connectivity index (χ4n) is 22.6. The van der Waals surface area contributed by atoms with Gasteiger partial charge in [0, 0.05) is 16.2 Å². The van der Waals surface area contributed by atoms with Gasteiger partial charge in [0.1, 0.15) is 0 Å². The Kier molecular flexibility index (Phi) is 22.3. The van der Waals surface area contributed by atoms with Crippen LogP contribution in [0.25, 0.3) is 66.8 Å². The first kappa shape index (κ1) is 83.8. The quantitative estimate of drug-likeness (QED) is 0.156. The van der Waals surface area contributed by atoms with Gasteiger partial charge in [-0.2, -0.15) is 0 Å². The molecule has 24 rings (SSSR count). The molecule has 0 unspecified atom stereocenters. The van der Waals surface area contributed by atoms with Crippen LogP contribution in [0.1, 0.15) is 182 Å². The van der Waals surface area contributed by atoms with Crippen LogP contribution in [0.15, 0.2) is 437 Å². The van der Waals surface area contributed by atoms with E-state index in [-0.39, 0.29) is 39.9 Å². The van der Waals surface area contributed by atoms with Gasteiger partial charge in [-0.25, -0.2) is 0 Å². The molecule has 127 heavy (non-hydrogen) atoms. The Bertz CT molecular complexity index is 6940. The third kappa shape index (κ3) is 13.9. The van der Waals surface area contributed by atoms with Crippen molar-refractivity contribution in [3.05, 3.63) is 570 Å². The molecule has 0 N–H and O–H groups in total. The van der Waals surface area contributed by atoms with Gasteiger partial charge >= 0.3 is 0 Å². The minimum absolute atomic E-state index is 0. The molecule has 18 aromatic rings. The van der Waals surface area contributed by atoms with Crippen molar-refractivity contribution in [2.75, 3.05) is 0 Å². The van der Waals surface area contributed by atoms with E-state index in [2.05, 4.69) is 520 Å². The van der Waals surface area contributed by atoms with Crippen LogP contribution < -0.4 is 0 Å². The Morgan fingerprint density at radius 3 is 0.780 bits per heavy atom. The maximum atomic E-state index is 2.37. The van der Waals surface area contributed by atoms with E-state index in [0.717, 1.165) is 0 Å². The molecule has 0 amide bonds. The van der Waals surface area contributed by atoms with E-state index in [0.29, 0.717) is 0 Å². The van der Waals surface area contributed by atoms with Crippen LogP contribution in [-0.4, -0.2) is 0 Å². The first-order chi connectivity index (χ1) is 61.3. The Hall–Kier alpha value is -14.0. The van der Waals surface area contributed by atoms with Crippen molar-refractivity contribution in [1.82, 2.24) is 0 Å². The molecular weight excluding hydrogens is 1530 g/mol. The molecule has 0 fully saturated rings. The molecule has 0 heteroatoms. The summed E-state index contributed by atoms with van der Waals surface area (Å²) in [5, 5.41) is 0. The van der Waals surface area contributed by atoms with E-state index in [4.69, 9.17) is 0 Å². The maximum absolute atomic E-state index is 2.37. The topological polar surface area (TPSA) is 0 Å². The monoisotopic (exact) mass is 1640 g/mol. The van der Waals surface area contributed by atoms with E-state index >= 15 is 0 Å². The fourth-order valence-corrected chi connectivity index (χ4v) is 22.6. The number of fused-ring (bicyclic) bond motifs is 18. The molecule has 0 aromatic heterocycles. The average Bonchev–Trinajstić information content (AvgIpc) is 1.57. The van der Waals surface area contributed by atoms with Crippen molar-refractivity contribution in [1.29, 1.82) is 0 Å². The van der Waals surface area contributed by atoms with Crippen LogP contribution in [0.5, 0.6) is 0 Å². The molecule has 0 saturated heterocycles. The van der Waals surface area contributed by atoms with Gasteiger partial charge in [-0.15, -0.1) is 0 Å². The van der Waals surface area contributed by atoms with Crippen LogP contribution in [0.4, 0.5) is 0 Å². The molecule has 620 valence electrons. The smallest absolute Gasteiger partial charge is 0.0716 e. The molecule has 0 spiro atoms. The summed E-state index contributed by atoms with van der Waals surface area (Å²) in [6.45, 7) is 27.0. The maximum Gasteiger partial charge on any atom is 0.0716 e. The molecule has 0 nitrogen and oxygen atoms in total. The second-order valence-electron chi connectivity index (χ2n) is 36.8. The molecule has 0 saturated carbocycles. The first-order valence-electron chi connectivity index (χ1n) is 44.9. The Morgan fingerprint density at radius 2 is 0.362 bits per heavy atom. The lowest BCUT2D eigenvalue weighted by Gasteiger charge is -2.34. The van der Waals surface area contributed by atoms with Crippen LogP contribution in [0, 0.1) is 41.5 Å². The molecule has 0 heterocycles. The Morgan fingerprint density at radius 1 is 0.142 bits per heavy atom. The van der Waals surface area contributed by atoms with Gasteiger partial charge in [-0.05, 0) is 220 Å². The molecule has 6 aliphatic rings. The lowest BCUT2D eigenvalue weighted by molar-refractivity contribution is 0.655. The molecule has 0 aliphatic heterocycles. The number of hydrogen-bond acceptors (Lipinski definition) is 0. The highest BCUT2D eigenvalue weighted by molar-refractivity contribution is 5.91. The summed E-state index contributed by atoms with van der Waals surface area (Å²) >= 11 is 0. The number of hydrogen-bond donors (Lipinski definition) is 0. The zero-order valence-corrected chi connectivity index (χ0v) is 74.6. The van der Waals surface area contributed by atoms with Crippen LogP contribution in [0.3, 0.4) is 0 Å². The summed E-state index contributed by atoms with van der Waals surface area (Å²) in [5.41, 5.74) is 49.3. The number of benzene rings is 18. The van der Waals surface area contributed by atoms with Crippen molar-refractivity contribution in [2.45, 2.75) is 123 Å². The summed E-state index contributed by atoms with van der Waals surface area (Å²) < 4.78 is 0. The highest BCUT2D eigenvalue weighted by Gasteiger charge is 2.50. The minimum Gasteiger partial charge on any atom is -0.0776 e. The fraction of sp³-hybridized carbons (Fsp3) is 0.150. The van der Waals surface area contributed by atoms with Crippen molar-refractivity contribution >= 4 is 0 Å². The zero-order valence-electron chi connectivity index (χ0n) is 74.6. The van der Waals surface area contributed by atoms with Gasteiger partial charge in [-0.3, -0.25) is 0 Å². The second-order valence-corrected chi connectivity index (χ2v) is 36.8. The molecule has 0 atom stereocenters. The minimum atomic E-state index is -0.264. The van der Waals surface area contributed by atoms with Crippen LogP contribution >= 0.6 is 0 Å². The number of aryl methyl sites for hydroxylation is 6. The predicted octanol–water partition coefficient (Wildman–Crippen LogP) is 32.6. The normalized spacial score (nSPS) is 14.5. The third-order valence-corrected chi connectivity index (χ3v) is 28.2. The highest BCUT2D eigenvalue weighted by Crippen LogP contribution is 2.61. The van der Waals surface area contributed by atoms with E-state index in [1.807, 2.05) is 0 Å². The summed E-state index contributed by atoms with van der Waals surface area (Å²) in [4.78, 5) is 0. The van der Waals surface area contributed by atoms with Crippen LogP contribution in [-0.2, 0) is 32.5 Å². The lowest BCUT2D eigenvalue weighted by atomic mass is 9.67. The Labute approximate surface area is 754 Å². The standard InChI is InChI=1S/3C26H20.3C16H16.CH4/c1-19-11-10-17-23-22-16-8-9-18-24(22)26(25(19)23,20-12-4-2-5-13-20)21-14-6-3-7-15-21;1-19-16-17-25-23(18-19)22-14-8-9-15-24(22)26(25,20-10-4-2-5-11-20)21-12-6-3-7-13-21;1-19-16-17-23-22-14-8-9-15-24(22)26(25(23)18-19,20-10-4-2-5-11-20)21-12-6-3-7-13-21;1-11-7-6-9-13-12-8-4-5-10-14(12)16(2,3)15(11)13;1-11-8-9-15-13(10-11)12-6-4-5-7-14(12)16(15,2)3;1-11-8-9-13-12-6-4-5-7-14(12)16(2,3)15(13)10-11;/h3*2-18H,1H3;3*4-10H,1-3H3;1H4. The van der Waals surface area contributed by atoms with E-state index in [9.17, 15) is 0 Å². The lowest BCUT2D eigenvalue weighted by Crippen LogP contribution is -2.29.